The molecule has 1 heterocycles. The van der Waals surface area contributed by atoms with E-state index in [1.807, 2.05) is 23.8 Å². The minimum atomic E-state index is -3.18. The summed E-state index contributed by atoms with van der Waals surface area (Å²) in [6, 6.07) is 5.12. The van der Waals surface area contributed by atoms with E-state index in [2.05, 4.69) is 17.2 Å². The summed E-state index contributed by atoms with van der Waals surface area (Å²) in [4.78, 5) is 4.44. The Hall–Kier alpha value is -1.82. The fourth-order valence-electron chi connectivity index (χ4n) is 1.99. The van der Waals surface area contributed by atoms with Crippen LogP contribution in [0.4, 0.5) is 5.69 Å². The molecule has 20 heavy (non-hydrogen) atoms. The number of hydrogen-bond donors (Lipinski definition) is 1. The van der Waals surface area contributed by atoms with Crippen LogP contribution in [0.5, 0.6) is 0 Å². The molecule has 0 saturated carbocycles. The monoisotopic (exact) mass is 293 g/mol. The summed E-state index contributed by atoms with van der Waals surface area (Å²) in [5.74, 6) is 0. The molecule has 0 aliphatic rings. The molecule has 0 aliphatic carbocycles. The van der Waals surface area contributed by atoms with E-state index in [1.165, 1.54) is 6.26 Å². The Morgan fingerprint density at radius 1 is 1.35 bits per heavy atom. The maximum atomic E-state index is 11.6. The lowest BCUT2D eigenvalue weighted by Crippen LogP contribution is -2.07. The molecule has 0 spiro atoms. The number of sulfone groups is 1. The summed E-state index contributed by atoms with van der Waals surface area (Å²) < 4.78 is 25.2. The SMILES string of the molecule is CCn1cncc1CNc1cc(S(C)(=O)=O)ccc1C. The van der Waals surface area contributed by atoms with Crippen LogP contribution >= 0.6 is 0 Å². The van der Waals surface area contributed by atoms with Crippen molar-refractivity contribution in [1.82, 2.24) is 9.55 Å². The highest BCUT2D eigenvalue weighted by Crippen LogP contribution is 2.20. The number of imidazole rings is 1. The highest BCUT2D eigenvalue weighted by Gasteiger charge is 2.09. The molecule has 0 atom stereocenters. The Kier molecular flexibility index (Phi) is 4.13. The van der Waals surface area contributed by atoms with Crippen LogP contribution in [0.2, 0.25) is 0 Å². The van der Waals surface area contributed by atoms with Gasteiger partial charge in [0.25, 0.3) is 0 Å². The second-order valence-electron chi connectivity index (χ2n) is 4.77. The largest absolute Gasteiger partial charge is 0.379 e. The van der Waals surface area contributed by atoms with Gasteiger partial charge in [-0.2, -0.15) is 0 Å². The first-order valence-electron chi connectivity index (χ1n) is 6.45. The third kappa shape index (κ3) is 3.19. The molecule has 0 aliphatic heterocycles. The van der Waals surface area contributed by atoms with E-state index in [0.29, 0.717) is 11.4 Å². The summed E-state index contributed by atoms with van der Waals surface area (Å²) in [5, 5.41) is 3.28. The number of anilines is 1. The number of nitrogens with one attached hydrogen (secondary N) is 1. The summed E-state index contributed by atoms with van der Waals surface area (Å²) in [5.41, 5.74) is 2.91. The van der Waals surface area contributed by atoms with Crippen molar-refractivity contribution in [2.75, 3.05) is 11.6 Å². The molecule has 1 N–H and O–H groups in total. The van der Waals surface area contributed by atoms with Gasteiger partial charge in [-0.15, -0.1) is 0 Å². The molecule has 6 heteroatoms. The first kappa shape index (κ1) is 14.6. The lowest BCUT2D eigenvalue weighted by molar-refractivity contribution is 0.602. The predicted molar refractivity (Wildman–Crippen MR) is 79.5 cm³/mol. The maximum absolute atomic E-state index is 11.6. The van der Waals surface area contributed by atoms with Crippen LogP contribution in [0.1, 0.15) is 18.2 Å². The average Bonchev–Trinajstić information content (AvgIpc) is 2.83. The minimum absolute atomic E-state index is 0.328. The van der Waals surface area contributed by atoms with Gasteiger partial charge in [0, 0.05) is 24.7 Å². The van der Waals surface area contributed by atoms with Crippen molar-refractivity contribution in [3.8, 4) is 0 Å². The molecular formula is C14H19N3O2S. The van der Waals surface area contributed by atoms with Crippen LogP contribution in [-0.2, 0) is 22.9 Å². The minimum Gasteiger partial charge on any atom is -0.379 e. The second kappa shape index (κ2) is 5.66. The van der Waals surface area contributed by atoms with E-state index < -0.39 is 9.84 Å². The molecule has 0 bridgehead atoms. The smallest absolute Gasteiger partial charge is 0.175 e. The van der Waals surface area contributed by atoms with Crippen LogP contribution in [0.15, 0.2) is 35.6 Å². The second-order valence-corrected chi connectivity index (χ2v) is 6.79. The van der Waals surface area contributed by atoms with E-state index in [4.69, 9.17) is 0 Å². The molecule has 1 aromatic heterocycles. The average molecular weight is 293 g/mol. The molecule has 2 rings (SSSR count). The topological polar surface area (TPSA) is 64.0 Å². The van der Waals surface area contributed by atoms with Gasteiger partial charge in [-0.05, 0) is 31.5 Å². The molecule has 0 radical (unpaired) electrons. The molecule has 1 aromatic carbocycles. The van der Waals surface area contributed by atoms with Crippen LogP contribution < -0.4 is 5.32 Å². The normalized spacial score (nSPS) is 11.6. The Balaban J connectivity index is 2.21. The van der Waals surface area contributed by atoms with Gasteiger partial charge in [-0.3, -0.25) is 0 Å². The number of rotatable bonds is 5. The van der Waals surface area contributed by atoms with E-state index in [-0.39, 0.29) is 0 Å². The van der Waals surface area contributed by atoms with E-state index in [1.54, 1.807) is 18.5 Å². The van der Waals surface area contributed by atoms with E-state index in [0.717, 1.165) is 23.5 Å². The van der Waals surface area contributed by atoms with Gasteiger partial charge in [0.1, 0.15) is 0 Å². The molecule has 108 valence electrons. The first-order chi connectivity index (χ1) is 9.41. The van der Waals surface area contributed by atoms with E-state index in [9.17, 15) is 8.42 Å². The molecule has 0 unspecified atom stereocenters. The quantitative estimate of drug-likeness (QED) is 0.918. The number of nitrogens with zero attached hydrogens (tertiary/aromatic N) is 2. The van der Waals surface area contributed by atoms with Crippen molar-refractivity contribution < 1.29 is 8.42 Å². The number of aryl methyl sites for hydroxylation is 2. The van der Waals surface area contributed by atoms with Gasteiger partial charge < -0.3 is 9.88 Å². The van der Waals surface area contributed by atoms with Crippen molar-refractivity contribution in [3.63, 3.8) is 0 Å². The molecule has 2 aromatic rings. The zero-order valence-electron chi connectivity index (χ0n) is 11.9. The highest BCUT2D eigenvalue weighted by atomic mass is 32.2. The third-order valence-electron chi connectivity index (χ3n) is 3.24. The van der Waals surface area contributed by atoms with Gasteiger partial charge in [0.15, 0.2) is 9.84 Å². The number of benzene rings is 1. The Labute approximate surface area is 119 Å². The van der Waals surface area contributed by atoms with Gasteiger partial charge >= 0.3 is 0 Å². The van der Waals surface area contributed by atoms with Gasteiger partial charge in [0.2, 0.25) is 0 Å². The van der Waals surface area contributed by atoms with Crippen LogP contribution in [0.3, 0.4) is 0 Å². The predicted octanol–water partition coefficient (Wildman–Crippen LogP) is 2.23. The van der Waals surface area contributed by atoms with Gasteiger partial charge in [0.05, 0.1) is 23.5 Å². The Bertz CT molecular complexity index is 705. The third-order valence-corrected chi connectivity index (χ3v) is 4.35. The summed E-state index contributed by atoms with van der Waals surface area (Å²) in [6.45, 7) is 5.48. The molecule has 0 saturated heterocycles. The van der Waals surface area contributed by atoms with Crippen molar-refractivity contribution in [2.24, 2.45) is 0 Å². The summed E-state index contributed by atoms with van der Waals surface area (Å²) >= 11 is 0. The maximum Gasteiger partial charge on any atom is 0.175 e. The molecule has 0 fully saturated rings. The van der Waals surface area contributed by atoms with Crippen LogP contribution in [-0.4, -0.2) is 24.2 Å². The Morgan fingerprint density at radius 3 is 2.75 bits per heavy atom. The standard InChI is InChI=1S/C14H19N3O2S/c1-4-17-10-15-8-12(17)9-16-14-7-13(20(3,18)19)6-5-11(14)2/h5-8,10,16H,4,9H2,1-3H3. The van der Waals surface area contributed by atoms with Crippen molar-refractivity contribution in [3.05, 3.63) is 42.0 Å². The van der Waals surface area contributed by atoms with Crippen molar-refractivity contribution in [2.45, 2.75) is 31.8 Å². The lowest BCUT2D eigenvalue weighted by Gasteiger charge is -2.12. The van der Waals surface area contributed by atoms with Gasteiger partial charge in [-0.25, -0.2) is 13.4 Å². The van der Waals surface area contributed by atoms with Crippen LogP contribution in [0.25, 0.3) is 0 Å². The number of aromatic nitrogens is 2. The van der Waals surface area contributed by atoms with E-state index >= 15 is 0 Å². The number of hydrogen-bond acceptors (Lipinski definition) is 4. The lowest BCUT2D eigenvalue weighted by atomic mass is 10.2. The van der Waals surface area contributed by atoms with Crippen LogP contribution in [0, 0.1) is 6.92 Å². The fourth-order valence-corrected chi connectivity index (χ4v) is 2.64. The Morgan fingerprint density at radius 2 is 2.10 bits per heavy atom. The first-order valence-corrected chi connectivity index (χ1v) is 8.34. The molecular weight excluding hydrogens is 274 g/mol. The molecule has 5 nitrogen and oxygen atoms in total. The zero-order chi connectivity index (χ0) is 14.8. The summed E-state index contributed by atoms with van der Waals surface area (Å²) in [6.07, 6.45) is 4.82. The van der Waals surface area contributed by atoms with Crippen molar-refractivity contribution in [1.29, 1.82) is 0 Å². The zero-order valence-corrected chi connectivity index (χ0v) is 12.7. The highest BCUT2D eigenvalue weighted by molar-refractivity contribution is 7.90. The molecule has 0 amide bonds. The van der Waals surface area contributed by atoms with Gasteiger partial charge in [-0.1, -0.05) is 6.07 Å². The van der Waals surface area contributed by atoms with Crippen molar-refractivity contribution >= 4 is 15.5 Å². The summed E-state index contributed by atoms with van der Waals surface area (Å²) in [7, 11) is -3.18. The fraction of sp³-hybridized carbons (Fsp3) is 0.357.